The number of carbonyl (C=O) groups is 2. The van der Waals surface area contributed by atoms with Gasteiger partial charge in [0.1, 0.15) is 11.6 Å². The summed E-state index contributed by atoms with van der Waals surface area (Å²) in [5.74, 6) is -1.98. The minimum atomic E-state index is -0.605. The van der Waals surface area contributed by atoms with Gasteiger partial charge in [-0.25, -0.2) is 8.78 Å². The smallest absolute Gasteiger partial charge is 0.229 e. The molecule has 2 N–H and O–H groups in total. The highest BCUT2D eigenvalue weighted by atomic mass is 19.1. The van der Waals surface area contributed by atoms with E-state index >= 15 is 0 Å². The van der Waals surface area contributed by atoms with E-state index in [0.717, 1.165) is 0 Å². The molecule has 0 radical (unpaired) electrons. The van der Waals surface area contributed by atoms with Gasteiger partial charge in [-0.2, -0.15) is 5.10 Å². The summed E-state index contributed by atoms with van der Waals surface area (Å²) in [6.07, 6.45) is -0.00413. The second-order valence-corrected chi connectivity index (χ2v) is 6.11. The van der Waals surface area contributed by atoms with Crippen molar-refractivity contribution in [1.29, 1.82) is 0 Å². The average molecular weight is 356 g/mol. The number of halogens is 2. The highest BCUT2D eigenvalue weighted by Crippen LogP contribution is 2.31. The monoisotopic (exact) mass is 356 g/mol. The molecule has 1 fully saturated rings. The molecule has 3 aromatic rings. The first kappa shape index (κ1) is 16.2. The lowest BCUT2D eigenvalue weighted by Gasteiger charge is -2.14. The maximum Gasteiger partial charge on any atom is 0.229 e. The van der Waals surface area contributed by atoms with E-state index in [1.165, 1.54) is 35.2 Å². The Kier molecular flexibility index (Phi) is 3.87. The van der Waals surface area contributed by atoms with E-state index in [9.17, 15) is 18.4 Å². The molecule has 1 unspecified atom stereocenters. The summed E-state index contributed by atoms with van der Waals surface area (Å²) >= 11 is 0. The number of hydrogen-bond donors (Lipinski definition) is 2. The Morgan fingerprint density at radius 3 is 2.73 bits per heavy atom. The van der Waals surface area contributed by atoms with Gasteiger partial charge in [0, 0.05) is 18.7 Å². The molecule has 132 valence electrons. The molecule has 0 aliphatic carbocycles. The van der Waals surface area contributed by atoms with Crippen molar-refractivity contribution in [2.45, 2.75) is 6.42 Å². The first-order valence-corrected chi connectivity index (χ1v) is 8.02. The quantitative estimate of drug-likeness (QED) is 0.757. The Morgan fingerprint density at radius 1 is 1.19 bits per heavy atom. The third-order valence-electron chi connectivity index (χ3n) is 4.38. The molecule has 6 nitrogen and oxygen atoms in total. The Hall–Kier alpha value is -3.29. The van der Waals surface area contributed by atoms with Gasteiger partial charge in [0.15, 0.2) is 5.82 Å². The second kappa shape index (κ2) is 6.21. The third kappa shape index (κ3) is 2.79. The third-order valence-corrected chi connectivity index (χ3v) is 4.38. The molecule has 1 atom stereocenters. The molecular weight excluding hydrogens is 342 g/mol. The lowest BCUT2D eigenvalue weighted by molar-refractivity contribution is -0.122. The number of amides is 2. The fourth-order valence-electron chi connectivity index (χ4n) is 3.07. The van der Waals surface area contributed by atoms with Gasteiger partial charge in [-0.3, -0.25) is 19.6 Å². The van der Waals surface area contributed by atoms with Crippen molar-refractivity contribution in [3.05, 3.63) is 54.1 Å². The van der Waals surface area contributed by atoms with Gasteiger partial charge in [0.05, 0.1) is 16.8 Å². The van der Waals surface area contributed by atoms with Crippen molar-refractivity contribution in [2.24, 2.45) is 5.92 Å². The zero-order valence-corrected chi connectivity index (χ0v) is 13.5. The molecule has 1 saturated heterocycles. The van der Waals surface area contributed by atoms with Crippen molar-refractivity contribution < 1.29 is 18.4 Å². The number of benzene rings is 2. The molecule has 4 rings (SSSR count). The van der Waals surface area contributed by atoms with Crippen LogP contribution in [0.25, 0.3) is 10.9 Å². The summed E-state index contributed by atoms with van der Waals surface area (Å²) in [6.45, 7) is 0.0974. The molecule has 1 aromatic heterocycles. The van der Waals surface area contributed by atoms with Crippen LogP contribution in [0.5, 0.6) is 0 Å². The molecular formula is C18H14F2N4O2. The summed E-state index contributed by atoms with van der Waals surface area (Å²) in [7, 11) is 0. The Morgan fingerprint density at radius 2 is 1.96 bits per heavy atom. The number of nitrogens with one attached hydrogen (secondary N) is 2. The van der Waals surface area contributed by atoms with E-state index < -0.39 is 17.6 Å². The summed E-state index contributed by atoms with van der Waals surface area (Å²) in [6, 6.07) is 9.86. The predicted molar refractivity (Wildman–Crippen MR) is 91.5 cm³/mol. The van der Waals surface area contributed by atoms with Crippen molar-refractivity contribution in [3.8, 4) is 0 Å². The standard InChI is InChI=1S/C18H14F2N4O2/c19-11-4-6-12(7-5-11)21-18(26)10-8-15(25)24(9-10)17-16-13(20)2-1-3-14(16)22-23-17/h1-7,10H,8-9H2,(H,21,26)(H,22,23). The van der Waals surface area contributed by atoms with Crippen LogP contribution in [0.4, 0.5) is 20.3 Å². The van der Waals surface area contributed by atoms with Crippen LogP contribution in [0.1, 0.15) is 6.42 Å². The highest BCUT2D eigenvalue weighted by Gasteiger charge is 2.37. The largest absolute Gasteiger partial charge is 0.326 e. The predicted octanol–water partition coefficient (Wildman–Crippen LogP) is 2.83. The zero-order chi connectivity index (χ0) is 18.3. The van der Waals surface area contributed by atoms with Gasteiger partial charge in [-0.15, -0.1) is 0 Å². The van der Waals surface area contributed by atoms with E-state index in [-0.39, 0.29) is 36.0 Å². The lowest BCUT2D eigenvalue weighted by atomic mass is 10.1. The summed E-state index contributed by atoms with van der Waals surface area (Å²) in [5.41, 5.74) is 0.922. The maximum atomic E-state index is 14.1. The number of nitrogens with zero attached hydrogens (tertiary/aromatic N) is 2. The van der Waals surface area contributed by atoms with Crippen LogP contribution >= 0.6 is 0 Å². The number of fused-ring (bicyclic) bond motifs is 1. The van der Waals surface area contributed by atoms with Crippen LogP contribution < -0.4 is 10.2 Å². The van der Waals surface area contributed by atoms with Gasteiger partial charge in [0.25, 0.3) is 0 Å². The second-order valence-electron chi connectivity index (χ2n) is 6.11. The molecule has 8 heteroatoms. The van der Waals surface area contributed by atoms with Gasteiger partial charge >= 0.3 is 0 Å². The Labute approximate surface area is 146 Å². The molecule has 2 heterocycles. The summed E-state index contributed by atoms with van der Waals surface area (Å²) in [4.78, 5) is 26.1. The fraction of sp³-hybridized carbons (Fsp3) is 0.167. The number of anilines is 2. The van der Waals surface area contributed by atoms with Crippen molar-refractivity contribution in [2.75, 3.05) is 16.8 Å². The molecule has 2 amide bonds. The summed E-state index contributed by atoms with van der Waals surface area (Å²) in [5, 5.41) is 9.62. The molecule has 2 aromatic carbocycles. The zero-order valence-electron chi connectivity index (χ0n) is 13.5. The van der Waals surface area contributed by atoms with Crippen molar-refractivity contribution >= 4 is 34.2 Å². The van der Waals surface area contributed by atoms with Crippen molar-refractivity contribution in [1.82, 2.24) is 10.2 Å². The van der Waals surface area contributed by atoms with Crippen LogP contribution in [-0.2, 0) is 9.59 Å². The SMILES string of the molecule is O=C(Nc1ccc(F)cc1)C1CC(=O)N(c2n[nH]c3cccc(F)c23)C1. The van der Waals surface area contributed by atoms with Crippen molar-refractivity contribution in [3.63, 3.8) is 0 Å². The minimum Gasteiger partial charge on any atom is -0.326 e. The first-order chi connectivity index (χ1) is 12.5. The summed E-state index contributed by atoms with van der Waals surface area (Å²) < 4.78 is 27.1. The van der Waals surface area contributed by atoms with Gasteiger partial charge < -0.3 is 5.32 Å². The van der Waals surface area contributed by atoms with Crippen LogP contribution in [0.15, 0.2) is 42.5 Å². The number of hydrogen-bond acceptors (Lipinski definition) is 3. The highest BCUT2D eigenvalue weighted by molar-refractivity contribution is 6.07. The van der Waals surface area contributed by atoms with Gasteiger partial charge in [-0.1, -0.05) is 6.07 Å². The Balaban J connectivity index is 1.54. The van der Waals surface area contributed by atoms with Crippen LogP contribution in [0, 0.1) is 17.6 Å². The van der Waals surface area contributed by atoms with Crippen LogP contribution in [-0.4, -0.2) is 28.6 Å². The number of carbonyl (C=O) groups excluding carboxylic acids is 2. The fourth-order valence-corrected chi connectivity index (χ4v) is 3.07. The number of H-pyrrole nitrogens is 1. The number of aromatic amines is 1. The van der Waals surface area contributed by atoms with Gasteiger partial charge in [-0.05, 0) is 36.4 Å². The lowest BCUT2D eigenvalue weighted by Crippen LogP contribution is -2.28. The molecule has 0 saturated carbocycles. The molecule has 0 bridgehead atoms. The average Bonchev–Trinajstić information content (AvgIpc) is 3.21. The topological polar surface area (TPSA) is 78.1 Å². The van der Waals surface area contributed by atoms with E-state index in [0.29, 0.717) is 11.2 Å². The van der Waals surface area contributed by atoms with E-state index in [1.54, 1.807) is 12.1 Å². The number of rotatable bonds is 3. The van der Waals surface area contributed by atoms with E-state index in [4.69, 9.17) is 0 Å². The van der Waals surface area contributed by atoms with E-state index in [2.05, 4.69) is 15.5 Å². The molecule has 1 aliphatic rings. The van der Waals surface area contributed by atoms with E-state index in [1.807, 2.05) is 0 Å². The van der Waals surface area contributed by atoms with Gasteiger partial charge in [0.2, 0.25) is 11.8 Å². The molecule has 1 aliphatic heterocycles. The first-order valence-electron chi connectivity index (χ1n) is 8.02. The molecule has 0 spiro atoms. The number of aromatic nitrogens is 2. The minimum absolute atomic E-state index is 0.00413. The normalized spacial score (nSPS) is 17.1. The maximum absolute atomic E-state index is 14.1. The van der Waals surface area contributed by atoms with Crippen LogP contribution in [0.3, 0.4) is 0 Å². The Bertz CT molecular complexity index is 1000. The molecule has 26 heavy (non-hydrogen) atoms. The van der Waals surface area contributed by atoms with Crippen LogP contribution in [0.2, 0.25) is 0 Å².